The quantitative estimate of drug-likeness (QED) is 0.250. The number of ether oxygens (including phenoxy) is 2. The minimum absolute atomic E-state index is 0.102. The summed E-state index contributed by atoms with van der Waals surface area (Å²) in [6.07, 6.45) is 1.80. The molecule has 0 N–H and O–H groups in total. The van der Waals surface area contributed by atoms with Gasteiger partial charge in [-0.3, -0.25) is 4.79 Å². The van der Waals surface area contributed by atoms with Gasteiger partial charge in [0.1, 0.15) is 23.0 Å². The Hall–Kier alpha value is -4.68. The zero-order chi connectivity index (χ0) is 29.7. The summed E-state index contributed by atoms with van der Waals surface area (Å²) in [7, 11) is 0. The van der Waals surface area contributed by atoms with Gasteiger partial charge in [-0.1, -0.05) is 48.5 Å². The molecule has 0 bridgehead atoms. The number of pyridine rings is 1. The molecular formula is C33H32N4O4S. The van der Waals surface area contributed by atoms with Crippen molar-refractivity contribution in [2.24, 2.45) is 0 Å². The van der Waals surface area contributed by atoms with Crippen molar-refractivity contribution in [3.8, 4) is 28.8 Å². The minimum atomic E-state index is -0.608. The van der Waals surface area contributed by atoms with E-state index in [0.717, 1.165) is 16.7 Å². The van der Waals surface area contributed by atoms with Crippen molar-refractivity contribution in [1.29, 1.82) is 5.26 Å². The first-order chi connectivity index (χ1) is 20.2. The zero-order valence-corrected chi connectivity index (χ0v) is 24.6. The Labute approximate surface area is 249 Å². The molecule has 1 atom stereocenters. The van der Waals surface area contributed by atoms with Gasteiger partial charge >= 0.3 is 6.09 Å². The van der Waals surface area contributed by atoms with Crippen molar-refractivity contribution in [2.75, 3.05) is 19.6 Å². The second-order valence-electron chi connectivity index (χ2n) is 11.0. The predicted molar refractivity (Wildman–Crippen MR) is 162 cm³/mol. The Morgan fingerprint density at radius 2 is 1.76 bits per heavy atom. The second-order valence-corrected chi connectivity index (χ2v) is 11.9. The molecule has 3 heterocycles. The van der Waals surface area contributed by atoms with Crippen molar-refractivity contribution < 1.29 is 19.1 Å². The average Bonchev–Trinajstić information content (AvgIpc) is 3.47. The lowest BCUT2D eigenvalue weighted by Gasteiger charge is -2.41. The highest BCUT2D eigenvalue weighted by Crippen LogP contribution is 2.38. The molecule has 2 aromatic heterocycles. The standard InChI is InChI=1S/C33H32N4O4S/c1-33(2,3)41-32(39)36-17-18-37(25(22-36)20-23-10-5-4-6-11-23)31(38)29-27(15-19-42-29)26-13-7-8-14-28(26)40-30-24(21-34)12-9-16-35-30/h4-16,19,25H,17-18,20,22H2,1-3H3/t25-/m1/s1. The molecule has 1 aliphatic heterocycles. The SMILES string of the molecule is CC(C)(C)OC(=O)N1CCN(C(=O)c2sccc2-c2ccccc2Oc2ncccc2C#N)[C@H](Cc2ccccc2)C1. The topological polar surface area (TPSA) is 95.8 Å². The largest absolute Gasteiger partial charge is 0.444 e. The fourth-order valence-corrected chi connectivity index (χ4v) is 5.80. The maximum atomic E-state index is 14.2. The first-order valence-electron chi connectivity index (χ1n) is 13.8. The molecule has 0 radical (unpaired) electrons. The monoisotopic (exact) mass is 580 g/mol. The lowest BCUT2D eigenvalue weighted by Crippen LogP contribution is -2.57. The van der Waals surface area contributed by atoms with Gasteiger partial charge in [0, 0.05) is 37.0 Å². The summed E-state index contributed by atoms with van der Waals surface area (Å²) in [5, 5.41) is 11.4. The van der Waals surface area contributed by atoms with E-state index in [-0.39, 0.29) is 23.9 Å². The number of para-hydroxylation sites is 1. The molecule has 1 aliphatic rings. The third-order valence-electron chi connectivity index (χ3n) is 6.84. The van der Waals surface area contributed by atoms with Gasteiger partial charge in [0.25, 0.3) is 5.91 Å². The van der Waals surface area contributed by atoms with Crippen LogP contribution in [0, 0.1) is 11.3 Å². The van der Waals surface area contributed by atoms with Gasteiger partial charge in [-0.15, -0.1) is 11.3 Å². The maximum absolute atomic E-state index is 14.2. The summed E-state index contributed by atoms with van der Waals surface area (Å²) >= 11 is 1.37. The molecule has 1 fully saturated rings. The van der Waals surface area contributed by atoms with Crippen LogP contribution in [0.4, 0.5) is 4.79 Å². The van der Waals surface area contributed by atoms with Gasteiger partial charge in [-0.25, -0.2) is 9.78 Å². The Balaban J connectivity index is 1.44. The van der Waals surface area contributed by atoms with Crippen LogP contribution in [0.3, 0.4) is 0 Å². The van der Waals surface area contributed by atoms with Gasteiger partial charge in [-0.2, -0.15) is 5.26 Å². The molecule has 214 valence electrons. The molecule has 2 aromatic carbocycles. The van der Waals surface area contributed by atoms with E-state index >= 15 is 0 Å². The summed E-state index contributed by atoms with van der Waals surface area (Å²) in [5.41, 5.74) is 2.26. The van der Waals surface area contributed by atoms with Crippen molar-refractivity contribution in [3.63, 3.8) is 0 Å². The molecule has 0 aliphatic carbocycles. The van der Waals surface area contributed by atoms with Gasteiger partial charge < -0.3 is 19.3 Å². The number of carbonyl (C=O) groups is 2. The van der Waals surface area contributed by atoms with Crippen LogP contribution in [0.25, 0.3) is 11.1 Å². The van der Waals surface area contributed by atoms with Crippen LogP contribution in [0.5, 0.6) is 11.6 Å². The van der Waals surface area contributed by atoms with E-state index in [9.17, 15) is 14.9 Å². The van der Waals surface area contributed by atoms with Crippen LogP contribution in [-0.4, -0.2) is 58.1 Å². The number of carbonyl (C=O) groups excluding carboxylic acids is 2. The molecule has 9 heteroatoms. The second kappa shape index (κ2) is 12.5. The number of amides is 2. The van der Waals surface area contributed by atoms with E-state index in [1.165, 1.54) is 11.3 Å². The van der Waals surface area contributed by atoms with Crippen molar-refractivity contribution in [3.05, 3.63) is 100 Å². The van der Waals surface area contributed by atoms with Gasteiger partial charge in [0.15, 0.2) is 0 Å². The van der Waals surface area contributed by atoms with Crippen LogP contribution in [0.1, 0.15) is 41.6 Å². The number of benzene rings is 2. The Kier molecular flexibility index (Phi) is 8.55. The number of nitriles is 1. The van der Waals surface area contributed by atoms with E-state index in [1.807, 2.05) is 85.6 Å². The molecule has 5 rings (SSSR count). The van der Waals surface area contributed by atoms with E-state index in [0.29, 0.717) is 42.2 Å². The molecule has 0 spiro atoms. The van der Waals surface area contributed by atoms with E-state index < -0.39 is 5.60 Å². The Morgan fingerprint density at radius 3 is 2.52 bits per heavy atom. The zero-order valence-electron chi connectivity index (χ0n) is 23.8. The molecule has 4 aromatic rings. The number of piperazine rings is 1. The molecular weight excluding hydrogens is 548 g/mol. The van der Waals surface area contributed by atoms with Crippen molar-refractivity contribution >= 4 is 23.3 Å². The van der Waals surface area contributed by atoms with Crippen LogP contribution in [0.2, 0.25) is 0 Å². The van der Waals surface area contributed by atoms with Gasteiger partial charge in [0.05, 0.1) is 10.9 Å². The molecule has 2 amide bonds. The minimum Gasteiger partial charge on any atom is -0.444 e. The Morgan fingerprint density at radius 1 is 1.00 bits per heavy atom. The molecule has 42 heavy (non-hydrogen) atoms. The summed E-state index contributed by atoms with van der Waals surface area (Å²) in [4.78, 5) is 35.6. The maximum Gasteiger partial charge on any atom is 0.410 e. The predicted octanol–water partition coefficient (Wildman–Crippen LogP) is 6.78. The Bertz CT molecular complexity index is 1610. The van der Waals surface area contributed by atoms with E-state index in [4.69, 9.17) is 9.47 Å². The number of hydrogen-bond donors (Lipinski definition) is 0. The summed E-state index contributed by atoms with van der Waals surface area (Å²) in [6, 6.07) is 24.5. The lowest BCUT2D eigenvalue weighted by atomic mass is 10.0. The molecule has 0 unspecified atom stereocenters. The highest BCUT2D eigenvalue weighted by atomic mass is 32.1. The highest BCUT2D eigenvalue weighted by Gasteiger charge is 2.36. The molecule has 1 saturated heterocycles. The normalized spacial score (nSPS) is 15.1. The van der Waals surface area contributed by atoms with Crippen molar-refractivity contribution in [2.45, 2.75) is 38.8 Å². The van der Waals surface area contributed by atoms with E-state index in [2.05, 4.69) is 11.1 Å². The number of nitrogens with zero attached hydrogens (tertiary/aromatic N) is 4. The van der Waals surface area contributed by atoms with Crippen LogP contribution in [0.15, 0.2) is 84.4 Å². The van der Waals surface area contributed by atoms with Crippen LogP contribution >= 0.6 is 11.3 Å². The van der Waals surface area contributed by atoms with E-state index in [1.54, 1.807) is 29.3 Å². The molecule has 0 saturated carbocycles. The molecule has 8 nitrogen and oxygen atoms in total. The number of hydrogen-bond acceptors (Lipinski definition) is 7. The summed E-state index contributed by atoms with van der Waals surface area (Å²) in [5.74, 6) is 0.600. The third kappa shape index (κ3) is 6.61. The first kappa shape index (κ1) is 28.8. The van der Waals surface area contributed by atoms with Crippen LogP contribution < -0.4 is 4.74 Å². The number of aromatic nitrogens is 1. The lowest BCUT2D eigenvalue weighted by molar-refractivity contribution is 0.00449. The first-order valence-corrected chi connectivity index (χ1v) is 14.6. The summed E-state index contributed by atoms with van der Waals surface area (Å²) in [6.45, 7) is 6.67. The van der Waals surface area contributed by atoms with Gasteiger partial charge in [-0.05, 0) is 62.4 Å². The van der Waals surface area contributed by atoms with Gasteiger partial charge in [0.2, 0.25) is 5.88 Å². The smallest absolute Gasteiger partial charge is 0.410 e. The number of rotatable bonds is 6. The fraction of sp³-hybridized carbons (Fsp3) is 0.273. The average molecular weight is 581 g/mol. The summed E-state index contributed by atoms with van der Waals surface area (Å²) < 4.78 is 11.7. The third-order valence-corrected chi connectivity index (χ3v) is 7.75. The fourth-order valence-electron chi connectivity index (χ4n) is 4.93. The van der Waals surface area contributed by atoms with Crippen molar-refractivity contribution in [1.82, 2.24) is 14.8 Å². The highest BCUT2D eigenvalue weighted by molar-refractivity contribution is 7.12. The van der Waals surface area contributed by atoms with Crippen LogP contribution in [-0.2, 0) is 11.2 Å². The number of thiophene rings is 1.